The van der Waals surface area contributed by atoms with Crippen molar-refractivity contribution in [1.29, 1.82) is 0 Å². The first-order valence-electron chi connectivity index (χ1n) is 6.97. The van der Waals surface area contributed by atoms with Gasteiger partial charge in [0.2, 0.25) is 0 Å². The summed E-state index contributed by atoms with van der Waals surface area (Å²) in [7, 11) is -3.53. The van der Waals surface area contributed by atoms with Gasteiger partial charge < -0.3 is 5.32 Å². The molecule has 0 fully saturated rings. The Kier molecular flexibility index (Phi) is 3.69. The Hall–Kier alpha value is -1.85. The number of anilines is 1. The van der Waals surface area contributed by atoms with Crippen LogP contribution < -0.4 is 10.0 Å². The lowest BCUT2D eigenvalue weighted by Gasteiger charge is -2.18. The van der Waals surface area contributed by atoms with E-state index < -0.39 is 10.0 Å². The van der Waals surface area contributed by atoms with Crippen LogP contribution in [0.3, 0.4) is 0 Å². The third-order valence-electron chi connectivity index (χ3n) is 3.68. The van der Waals surface area contributed by atoms with E-state index in [1.807, 2.05) is 25.1 Å². The van der Waals surface area contributed by atoms with Crippen LogP contribution in [0.2, 0.25) is 0 Å². The van der Waals surface area contributed by atoms with Crippen molar-refractivity contribution in [2.24, 2.45) is 0 Å². The van der Waals surface area contributed by atoms with E-state index >= 15 is 0 Å². The second kappa shape index (κ2) is 5.50. The maximum atomic E-state index is 12.4. The fourth-order valence-electron chi connectivity index (χ4n) is 2.48. The number of sulfonamides is 1. The van der Waals surface area contributed by atoms with Gasteiger partial charge in [-0.05, 0) is 55.3 Å². The average molecular weight is 302 g/mol. The fourth-order valence-corrected chi connectivity index (χ4v) is 3.52. The van der Waals surface area contributed by atoms with Crippen molar-refractivity contribution in [1.82, 2.24) is 5.32 Å². The highest BCUT2D eigenvalue weighted by Gasteiger charge is 2.15. The summed E-state index contributed by atoms with van der Waals surface area (Å²) in [5.74, 6) is 0. The smallest absolute Gasteiger partial charge is 0.261 e. The van der Waals surface area contributed by atoms with Crippen molar-refractivity contribution < 1.29 is 8.42 Å². The first-order valence-corrected chi connectivity index (χ1v) is 8.45. The first kappa shape index (κ1) is 14.1. The minimum absolute atomic E-state index is 0.281. The lowest BCUT2D eigenvalue weighted by atomic mass is 10.0. The Morgan fingerprint density at radius 1 is 1.05 bits per heavy atom. The van der Waals surface area contributed by atoms with Gasteiger partial charge in [0.25, 0.3) is 10.0 Å². The Balaban J connectivity index is 1.87. The normalized spacial score (nSPS) is 14.5. The molecule has 0 amide bonds. The number of nitrogens with one attached hydrogen (secondary N) is 2. The van der Waals surface area contributed by atoms with Gasteiger partial charge in [0.15, 0.2) is 0 Å². The fraction of sp³-hybridized carbons (Fsp3) is 0.250. The molecule has 1 aliphatic heterocycles. The van der Waals surface area contributed by atoms with Crippen molar-refractivity contribution in [3.63, 3.8) is 0 Å². The number of rotatable bonds is 3. The molecule has 0 unspecified atom stereocenters. The number of hydrogen-bond acceptors (Lipinski definition) is 3. The molecular formula is C16H18N2O2S. The quantitative estimate of drug-likeness (QED) is 0.915. The zero-order valence-corrected chi connectivity index (χ0v) is 12.7. The number of hydrogen-bond donors (Lipinski definition) is 2. The van der Waals surface area contributed by atoms with Gasteiger partial charge in [-0.1, -0.05) is 23.8 Å². The van der Waals surface area contributed by atoms with E-state index in [1.54, 1.807) is 24.3 Å². The van der Waals surface area contributed by atoms with E-state index in [1.165, 1.54) is 5.56 Å². The lowest BCUT2D eigenvalue weighted by molar-refractivity contribution is 0.601. The van der Waals surface area contributed by atoms with Crippen LogP contribution >= 0.6 is 0 Å². The molecule has 5 heteroatoms. The molecule has 3 rings (SSSR count). The summed E-state index contributed by atoms with van der Waals surface area (Å²) in [5.41, 5.74) is 4.09. The van der Waals surface area contributed by atoms with E-state index in [0.29, 0.717) is 5.69 Å². The Morgan fingerprint density at radius 2 is 1.81 bits per heavy atom. The number of aryl methyl sites for hydroxylation is 1. The SMILES string of the molecule is Cc1ccc(S(=O)(=O)Nc2ccc3c(c2)CNCC3)cc1. The highest BCUT2D eigenvalue weighted by Crippen LogP contribution is 2.21. The van der Waals surface area contributed by atoms with Crippen LogP contribution in [0, 0.1) is 6.92 Å². The monoisotopic (exact) mass is 302 g/mol. The summed E-state index contributed by atoms with van der Waals surface area (Å²) in [6.45, 7) is 3.69. The third kappa shape index (κ3) is 3.09. The summed E-state index contributed by atoms with van der Waals surface area (Å²) in [6.07, 6.45) is 0.986. The van der Waals surface area contributed by atoms with Crippen molar-refractivity contribution in [3.8, 4) is 0 Å². The molecule has 1 heterocycles. The number of fused-ring (bicyclic) bond motifs is 1. The average Bonchev–Trinajstić information content (AvgIpc) is 2.47. The van der Waals surface area contributed by atoms with Gasteiger partial charge in [-0.2, -0.15) is 0 Å². The minimum atomic E-state index is -3.53. The molecule has 110 valence electrons. The summed E-state index contributed by atoms with van der Waals surface area (Å²) in [5, 5.41) is 3.29. The second-order valence-electron chi connectivity index (χ2n) is 5.33. The van der Waals surface area contributed by atoms with Crippen molar-refractivity contribution in [3.05, 3.63) is 59.2 Å². The maximum absolute atomic E-state index is 12.4. The van der Waals surface area contributed by atoms with Gasteiger partial charge in [0, 0.05) is 12.2 Å². The van der Waals surface area contributed by atoms with Gasteiger partial charge in [-0.15, -0.1) is 0 Å². The molecule has 0 bridgehead atoms. The highest BCUT2D eigenvalue weighted by molar-refractivity contribution is 7.92. The van der Waals surface area contributed by atoms with Gasteiger partial charge in [0.1, 0.15) is 0 Å². The van der Waals surface area contributed by atoms with Gasteiger partial charge >= 0.3 is 0 Å². The zero-order valence-electron chi connectivity index (χ0n) is 11.9. The second-order valence-corrected chi connectivity index (χ2v) is 7.01. The maximum Gasteiger partial charge on any atom is 0.261 e. The molecule has 0 radical (unpaired) electrons. The van der Waals surface area contributed by atoms with Crippen LogP contribution in [0.1, 0.15) is 16.7 Å². The van der Waals surface area contributed by atoms with Gasteiger partial charge in [-0.3, -0.25) is 4.72 Å². The largest absolute Gasteiger partial charge is 0.312 e. The van der Waals surface area contributed by atoms with E-state index in [-0.39, 0.29) is 4.90 Å². The molecule has 0 aromatic heterocycles. The van der Waals surface area contributed by atoms with E-state index in [2.05, 4.69) is 10.0 Å². The molecule has 0 atom stereocenters. The Morgan fingerprint density at radius 3 is 2.57 bits per heavy atom. The van der Waals surface area contributed by atoms with Crippen LogP contribution in [0.25, 0.3) is 0 Å². The summed E-state index contributed by atoms with van der Waals surface area (Å²) >= 11 is 0. The molecule has 0 aliphatic carbocycles. The molecule has 1 aliphatic rings. The number of benzene rings is 2. The van der Waals surface area contributed by atoms with Gasteiger partial charge in [-0.25, -0.2) is 8.42 Å². The minimum Gasteiger partial charge on any atom is -0.312 e. The van der Waals surface area contributed by atoms with E-state index in [4.69, 9.17) is 0 Å². The lowest BCUT2D eigenvalue weighted by Crippen LogP contribution is -2.23. The molecule has 0 spiro atoms. The molecule has 4 nitrogen and oxygen atoms in total. The molecular weight excluding hydrogens is 284 g/mol. The predicted octanol–water partition coefficient (Wildman–Crippen LogP) is 2.44. The highest BCUT2D eigenvalue weighted by atomic mass is 32.2. The van der Waals surface area contributed by atoms with Crippen LogP contribution in [0.4, 0.5) is 5.69 Å². The molecule has 2 aromatic rings. The zero-order chi connectivity index (χ0) is 14.9. The van der Waals surface area contributed by atoms with Gasteiger partial charge in [0.05, 0.1) is 4.90 Å². The standard InChI is InChI=1S/C16H18N2O2S/c1-12-2-6-16(7-3-12)21(19,20)18-15-5-4-13-8-9-17-11-14(13)10-15/h2-7,10,17-18H,8-9,11H2,1H3. The van der Waals surface area contributed by atoms with Crippen molar-refractivity contribution >= 4 is 15.7 Å². The molecule has 0 saturated carbocycles. The van der Waals surface area contributed by atoms with Crippen molar-refractivity contribution in [2.75, 3.05) is 11.3 Å². The summed E-state index contributed by atoms with van der Waals surface area (Å²) < 4.78 is 27.4. The van der Waals surface area contributed by atoms with Crippen molar-refractivity contribution in [2.45, 2.75) is 24.8 Å². The van der Waals surface area contributed by atoms with E-state index in [9.17, 15) is 8.42 Å². The summed E-state index contributed by atoms with van der Waals surface area (Å²) in [4.78, 5) is 0.281. The Bertz CT molecular complexity index is 752. The molecule has 21 heavy (non-hydrogen) atoms. The van der Waals surface area contributed by atoms with Crippen LogP contribution in [0.15, 0.2) is 47.4 Å². The van der Waals surface area contributed by atoms with Crippen LogP contribution in [-0.4, -0.2) is 15.0 Å². The third-order valence-corrected chi connectivity index (χ3v) is 5.07. The van der Waals surface area contributed by atoms with E-state index in [0.717, 1.165) is 30.6 Å². The molecule has 0 saturated heterocycles. The predicted molar refractivity (Wildman–Crippen MR) is 83.8 cm³/mol. The summed E-state index contributed by atoms with van der Waals surface area (Å²) in [6, 6.07) is 12.6. The molecule has 2 N–H and O–H groups in total. The van der Waals surface area contributed by atoms with Crippen LogP contribution in [-0.2, 0) is 23.0 Å². The first-order chi connectivity index (χ1) is 10.0. The topological polar surface area (TPSA) is 58.2 Å². The van der Waals surface area contributed by atoms with Crippen LogP contribution in [0.5, 0.6) is 0 Å². The molecule has 2 aromatic carbocycles. The Labute approximate surface area is 125 Å².